The van der Waals surface area contributed by atoms with Crippen molar-refractivity contribution in [2.24, 2.45) is 0 Å². The zero-order valence-corrected chi connectivity index (χ0v) is 15.3. The van der Waals surface area contributed by atoms with Crippen LogP contribution in [0.3, 0.4) is 0 Å². The van der Waals surface area contributed by atoms with E-state index in [2.05, 4.69) is 0 Å². The van der Waals surface area contributed by atoms with Gasteiger partial charge < -0.3 is 5.11 Å². The van der Waals surface area contributed by atoms with Crippen LogP contribution in [-0.2, 0) is 11.3 Å². The van der Waals surface area contributed by atoms with Crippen molar-refractivity contribution in [2.45, 2.75) is 27.3 Å². The van der Waals surface area contributed by atoms with Gasteiger partial charge in [-0.15, -0.1) is 11.3 Å². The Morgan fingerprint density at radius 2 is 1.92 bits per heavy atom. The third kappa shape index (κ3) is 2.87. The van der Waals surface area contributed by atoms with E-state index >= 15 is 0 Å². The van der Waals surface area contributed by atoms with E-state index in [0.717, 1.165) is 31.8 Å². The molecule has 3 rings (SSSR count). The van der Waals surface area contributed by atoms with E-state index in [-0.39, 0.29) is 11.7 Å². The molecule has 24 heavy (non-hydrogen) atoms. The molecule has 0 spiro atoms. The number of aryl methyl sites for hydroxylation is 2. The van der Waals surface area contributed by atoms with Gasteiger partial charge >= 0.3 is 0 Å². The lowest BCUT2D eigenvalue weighted by Gasteiger charge is -2.21. The number of halogens is 1. The molecule has 0 atom stereocenters. The maximum atomic E-state index is 12.3. The van der Waals surface area contributed by atoms with Crippen molar-refractivity contribution >= 4 is 43.9 Å². The molecule has 1 aromatic heterocycles. The summed E-state index contributed by atoms with van der Waals surface area (Å²) in [5, 5.41) is 12.0. The van der Waals surface area contributed by atoms with Gasteiger partial charge in [-0.1, -0.05) is 35.9 Å². The third-order valence-corrected chi connectivity index (χ3v) is 6.06. The van der Waals surface area contributed by atoms with Gasteiger partial charge in [0, 0.05) is 6.92 Å². The second kappa shape index (κ2) is 6.46. The highest BCUT2D eigenvalue weighted by atomic mass is 35.5. The van der Waals surface area contributed by atoms with Gasteiger partial charge in [0.2, 0.25) is 5.91 Å². The number of aromatic hydroxyl groups is 1. The summed E-state index contributed by atoms with van der Waals surface area (Å²) in [6, 6.07) is 11.5. The van der Waals surface area contributed by atoms with Crippen LogP contribution in [-0.4, -0.2) is 11.0 Å². The average Bonchev–Trinajstić information content (AvgIpc) is 2.87. The number of rotatable bonds is 3. The van der Waals surface area contributed by atoms with E-state index in [9.17, 15) is 9.90 Å². The molecule has 0 aliphatic rings. The molecule has 0 radical (unpaired) electrons. The molecule has 2 aromatic carbocycles. The van der Waals surface area contributed by atoms with Gasteiger partial charge in [0.1, 0.15) is 15.8 Å². The summed E-state index contributed by atoms with van der Waals surface area (Å²) in [6.45, 7) is 6.11. The largest absolute Gasteiger partial charge is 0.506 e. The molecule has 1 heterocycles. The Labute approximate surface area is 150 Å². The molecule has 5 heteroatoms. The van der Waals surface area contributed by atoms with E-state index in [1.807, 2.05) is 44.2 Å². The molecular formula is C19H18ClNO2S. The number of amides is 1. The van der Waals surface area contributed by atoms with E-state index in [1.165, 1.54) is 11.3 Å². The van der Waals surface area contributed by atoms with Crippen LogP contribution >= 0.6 is 22.9 Å². The van der Waals surface area contributed by atoms with E-state index < -0.39 is 0 Å². The van der Waals surface area contributed by atoms with Crippen LogP contribution in [0.5, 0.6) is 5.75 Å². The first-order chi connectivity index (χ1) is 11.4. The third-order valence-electron chi connectivity index (χ3n) is 4.22. The second-order valence-electron chi connectivity index (χ2n) is 5.84. The number of nitrogens with zero attached hydrogens (tertiary/aromatic N) is 1. The van der Waals surface area contributed by atoms with Crippen molar-refractivity contribution in [1.29, 1.82) is 0 Å². The Hall–Kier alpha value is -2.04. The lowest BCUT2D eigenvalue weighted by molar-refractivity contribution is -0.116. The lowest BCUT2D eigenvalue weighted by atomic mass is 10.1. The number of carbonyl (C=O) groups excluding carboxylic acids is 1. The number of fused-ring (bicyclic) bond motifs is 1. The number of hydrogen-bond acceptors (Lipinski definition) is 3. The molecule has 0 unspecified atom stereocenters. The van der Waals surface area contributed by atoms with Gasteiger partial charge in [-0.3, -0.25) is 9.69 Å². The van der Waals surface area contributed by atoms with Gasteiger partial charge in [0.05, 0.1) is 11.2 Å². The Balaban J connectivity index is 2.11. The van der Waals surface area contributed by atoms with Crippen LogP contribution < -0.4 is 4.90 Å². The molecule has 0 aliphatic heterocycles. The fourth-order valence-corrected chi connectivity index (χ4v) is 4.34. The Morgan fingerprint density at radius 1 is 1.21 bits per heavy atom. The standard InChI is InChI=1S/C19H18ClNO2S/c1-11-6-4-5-7-14(11)10-21(13(3)22)19-12(2)15-8-9-16(23)17(20)18(15)24-19/h4-9,23H,10H2,1-3H3. The molecule has 0 bridgehead atoms. The predicted molar refractivity (Wildman–Crippen MR) is 101 cm³/mol. The first kappa shape index (κ1) is 16.8. The van der Waals surface area contributed by atoms with E-state index in [0.29, 0.717) is 11.6 Å². The van der Waals surface area contributed by atoms with Gasteiger partial charge in [-0.25, -0.2) is 0 Å². The summed E-state index contributed by atoms with van der Waals surface area (Å²) in [5.41, 5.74) is 3.26. The molecule has 3 aromatic rings. The van der Waals surface area contributed by atoms with Crippen LogP contribution in [0.25, 0.3) is 10.1 Å². The Bertz CT molecular complexity index is 933. The number of benzene rings is 2. The van der Waals surface area contributed by atoms with Crippen LogP contribution in [0.4, 0.5) is 5.00 Å². The quantitative estimate of drug-likeness (QED) is 0.677. The minimum atomic E-state index is -0.0201. The SMILES string of the molecule is CC(=O)N(Cc1ccccc1C)c1sc2c(Cl)c(O)ccc2c1C. The minimum Gasteiger partial charge on any atom is -0.506 e. The minimum absolute atomic E-state index is 0.0201. The first-order valence-electron chi connectivity index (χ1n) is 7.63. The summed E-state index contributed by atoms with van der Waals surface area (Å²) in [4.78, 5) is 14.1. The highest BCUT2D eigenvalue weighted by molar-refractivity contribution is 7.23. The van der Waals surface area contributed by atoms with Crippen molar-refractivity contribution < 1.29 is 9.90 Å². The highest BCUT2D eigenvalue weighted by Gasteiger charge is 2.21. The normalized spacial score (nSPS) is 11.0. The smallest absolute Gasteiger partial charge is 0.224 e. The summed E-state index contributed by atoms with van der Waals surface area (Å²) >= 11 is 7.68. The van der Waals surface area contributed by atoms with Crippen LogP contribution in [0.15, 0.2) is 36.4 Å². The zero-order chi connectivity index (χ0) is 17.4. The fourth-order valence-electron chi connectivity index (χ4n) is 2.77. The Morgan fingerprint density at radius 3 is 2.58 bits per heavy atom. The number of anilines is 1. The number of thiophene rings is 1. The molecule has 3 nitrogen and oxygen atoms in total. The molecule has 1 N–H and O–H groups in total. The maximum absolute atomic E-state index is 12.3. The molecule has 0 saturated heterocycles. The number of carbonyl (C=O) groups is 1. The van der Waals surface area contributed by atoms with E-state index in [4.69, 9.17) is 11.6 Å². The fraction of sp³-hybridized carbons (Fsp3) is 0.211. The Kier molecular flexibility index (Phi) is 4.52. The molecule has 0 aliphatic carbocycles. The summed E-state index contributed by atoms with van der Waals surface area (Å²) < 4.78 is 0.806. The van der Waals surface area contributed by atoms with Crippen molar-refractivity contribution in [3.05, 3.63) is 58.1 Å². The molecular weight excluding hydrogens is 342 g/mol. The van der Waals surface area contributed by atoms with Gasteiger partial charge in [-0.2, -0.15) is 0 Å². The van der Waals surface area contributed by atoms with E-state index in [1.54, 1.807) is 17.9 Å². The average molecular weight is 360 g/mol. The van der Waals surface area contributed by atoms with Crippen molar-refractivity contribution in [3.8, 4) is 5.75 Å². The van der Waals surface area contributed by atoms with Crippen LogP contribution in [0, 0.1) is 13.8 Å². The van der Waals surface area contributed by atoms with Crippen molar-refractivity contribution in [2.75, 3.05) is 4.90 Å². The molecule has 1 amide bonds. The summed E-state index contributed by atoms with van der Waals surface area (Å²) in [7, 11) is 0. The summed E-state index contributed by atoms with van der Waals surface area (Å²) in [6.07, 6.45) is 0. The topological polar surface area (TPSA) is 40.5 Å². The van der Waals surface area contributed by atoms with Crippen molar-refractivity contribution in [1.82, 2.24) is 0 Å². The lowest BCUT2D eigenvalue weighted by Crippen LogP contribution is -2.27. The first-order valence-corrected chi connectivity index (χ1v) is 8.82. The highest BCUT2D eigenvalue weighted by Crippen LogP contribution is 2.44. The number of phenols is 1. The van der Waals surface area contributed by atoms with Crippen LogP contribution in [0.2, 0.25) is 5.02 Å². The zero-order valence-electron chi connectivity index (χ0n) is 13.8. The summed E-state index contributed by atoms with van der Waals surface area (Å²) in [5.74, 6) is 0.0403. The molecule has 124 valence electrons. The monoisotopic (exact) mass is 359 g/mol. The second-order valence-corrected chi connectivity index (χ2v) is 7.22. The van der Waals surface area contributed by atoms with Crippen LogP contribution in [0.1, 0.15) is 23.6 Å². The maximum Gasteiger partial charge on any atom is 0.224 e. The molecule has 0 saturated carbocycles. The number of hydrogen-bond donors (Lipinski definition) is 1. The predicted octanol–water partition coefficient (Wildman–Crippen LogP) is 5.43. The van der Waals surface area contributed by atoms with Gasteiger partial charge in [0.15, 0.2) is 0 Å². The van der Waals surface area contributed by atoms with Gasteiger partial charge in [-0.05, 0) is 48.1 Å². The number of phenolic OH excluding ortho intramolecular Hbond substituents is 1. The molecule has 0 fully saturated rings. The van der Waals surface area contributed by atoms with Gasteiger partial charge in [0.25, 0.3) is 0 Å². The van der Waals surface area contributed by atoms with Crippen molar-refractivity contribution in [3.63, 3.8) is 0 Å².